The second-order valence-corrected chi connectivity index (χ2v) is 6.22. The Labute approximate surface area is 141 Å². The lowest BCUT2D eigenvalue weighted by atomic mass is 9.97. The van der Waals surface area contributed by atoms with Gasteiger partial charge in [0, 0.05) is 19.6 Å². The van der Waals surface area contributed by atoms with Crippen LogP contribution in [0.5, 0.6) is 0 Å². The number of nitrogens with zero attached hydrogens (tertiary/aromatic N) is 1. The van der Waals surface area contributed by atoms with Gasteiger partial charge in [-0.3, -0.25) is 4.79 Å². The summed E-state index contributed by atoms with van der Waals surface area (Å²) in [6, 6.07) is 14.4. The predicted molar refractivity (Wildman–Crippen MR) is 93.0 cm³/mol. The number of carbonyl (C=O) groups is 2. The SMILES string of the molecule is O=C(O)C1CCN(C(=O)NCCc2cccc3ccccc23)CC1. The third-order valence-electron chi connectivity index (χ3n) is 4.68. The molecule has 1 heterocycles. The molecule has 5 heteroatoms. The summed E-state index contributed by atoms with van der Waals surface area (Å²) in [7, 11) is 0. The number of carbonyl (C=O) groups excluding carboxylic acids is 1. The first-order valence-corrected chi connectivity index (χ1v) is 8.37. The van der Waals surface area contributed by atoms with Gasteiger partial charge in [-0.2, -0.15) is 0 Å². The van der Waals surface area contributed by atoms with E-state index in [0.717, 1.165) is 6.42 Å². The van der Waals surface area contributed by atoms with Crippen LogP contribution in [0.1, 0.15) is 18.4 Å². The van der Waals surface area contributed by atoms with Gasteiger partial charge in [0.2, 0.25) is 0 Å². The molecule has 0 aliphatic carbocycles. The molecule has 2 N–H and O–H groups in total. The molecule has 1 fully saturated rings. The van der Waals surface area contributed by atoms with Gasteiger partial charge >= 0.3 is 12.0 Å². The maximum Gasteiger partial charge on any atom is 0.317 e. The number of amides is 2. The molecule has 0 aromatic heterocycles. The summed E-state index contributed by atoms with van der Waals surface area (Å²) < 4.78 is 0. The first kappa shape index (κ1) is 16.3. The second kappa shape index (κ2) is 7.34. The Morgan fingerprint density at radius 2 is 1.79 bits per heavy atom. The van der Waals surface area contributed by atoms with Gasteiger partial charge in [0.15, 0.2) is 0 Å². The van der Waals surface area contributed by atoms with E-state index in [4.69, 9.17) is 5.11 Å². The fourth-order valence-corrected chi connectivity index (χ4v) is 3.26. The lowest BCUT2D eigenvalue weighted by molar-refractivity contribution is -0.143. The van der Waals surface area contributed by atoms with E-state index in [9.17, 15) is 9.59 Å². The molecule has 24 heavy (non-hydrogen) atoms. The summed E-state index contributed by atoms with van der Waals surface area (Å²) >= 11 is 0. The molecule has 2 aromatic carbocycles. The van der Waals surface area contributed by atoms with Gasteiger partial charge in [-0.1, -0.05) is 42.5 Å². The molecule has 5 nitrogen and oxygen atoms in total. The van der Waals surface area contributed by atoms with Crippen molar-refractivity contribution < 1.29 is 14.7 Å². The minimum absolute atomic E-state index is 0.0981. The van der Waals surface area contributed by atoms with Crippen molar-refractivity contribution in [2.45, 2.75) is 19.3 Å². The zero-order chi connectivity index (χ0) is 16.9. The number of hydrogen-bond acceptors (Lipinski definition) is 2. The molecule has 1 aliphatic rings. The van der Waals surface area contributed by atoms with Crippen LogP contribution < -0.4 is 5.32 Å². The molecule has 0 radical (unpaired) electrons. The molecule has 1 saturated heterocycles. The summed E-state index contributed by atoms with van der Waals surface area (Å²) in [5.74, 6) is -1.07. The number of nitrogens with one attached hydrogen (secondary N) is 1. The Kier molecular flexibility index (Phi) is 4.99. The van der Waals surface area contributed by atoms with Crippen LogP contribution >= 0.6 is 0 Å². The molecular formula is C19H22N2O3. The smallest absolute Gasteiger partial charge is 0.317 e. The van der Waals surface area contributed by atoms with E-state index in [1.807, 2.05) is 18.2 Å². The third kappa shape index (κ3) is 3.67. The number of fused-ring (bicyclic) bond motifs is 1. The minimum atomic E-state index is -0.758. The quantitative estimate of drug-likeness (QED) is 0.907. The van der Waals surface area contributed by atoms with E-state index >= 15 is 0 Å². The fraction of sp³-hybridized carbons (Fsp3) is 0.368. The van der Waals surface area contributed by atoms with Crippen LogP contribution in [0.4, 0.5) is 4.79 Å². The maximum atomic E-state index is 12.2. The summed E-state index contributed by atoms with van der Waals surface area (Å²) in [6.07, 6.45) is 1.84. The highest BCUT2D eigenvalue weighted by Crippen LogP contribution is 2.19. The fourth-order valence-electron chi connectivity index (χ4n) is 3.26. The third-order valence-corrected chi connectivity index (χ3v) is 4.68. The monoisotopic (exact) mass is 326 g/mol. The van der Waals surface area contributed by atoms with Crippen LogP contribution in [-0.2, 0) is 11.2 Å². The van der Waals surface area contributed by atoms with Crippen molar-refractivity contribution in [1.29, 1.82) is 0 Å². The van der Waals surface area contributed by atoms with E-state index < -0.39 is 5.97 Å². The lowest BCUT2D eigenvalue weighted by Gasteiger charge is -2.30. The molecule has 0 spiro atoms. The van der Waals surface area contributed by atoms with Crippen LogP contribution in [-0.4, -0.2) is 41.6 Å². The number of piperidine rings is 1. The molecular weight excluding hydrogens is 304 g/mol. The predicted octanol–water partition coefficient (Wildman–Crippen LogP) is 2.89. The maximum absolute atomic E-state index is 12.2. The minimum Gasteiger partial charge on any atom is -0.481 e. The largest absolute Gasteiger partial charge is 0.481 e. The van der Waals surface area contributed by atoms with Gasteiger partial charge < -0.3 is 15.3 Å². The summed E-state index contributed by atoms with van der Waals surface area (Å²) in [6.45, 7) is 1.60. The highest BCUT2D eigenvalue weighted by Gasteiger charge is 2.26. The van der Waals surface area contributed by atoms with Crippen molar-refractivity contribution in [2.75, 3.05) is 19.6 Å². The van der Waals surface area contributed by atoms with E-state index in [2.05, 4.69) is 29.6 Å². The normalized spacial score (nSPS) is 15.4. The van der Waals surface area contributed by atoms with Crippen molar-refractivity contribution in [2.24, 2.45) is 5.92 Å². The summed E-state index contributed by atoms with van der Waals surface area (Å²) in [5.41, 5.74) is 1.22. The van der Waals surface area contributed by atoms with Crippen LogP contribution in [0.15, 0.2) is 42.5 Å². The van der Waals surface area contributed by atoms with Crippen LogP contribution in [0, 0.1) is 5.92 Å². The van der Waals surface area contributed by atoms with Gasteiger partial charge in [0.1, 0.15) is 0 Å². The number of rotatable bonds is 4. The van der Waals surface area contributed by atoms with Gasteiger partial charge in [-0.15, -0.1) is 0 Å². The van der Waals surface area contributed by atoms with Crippen molar-refractivity contribution in [3.8, 4) is 0 Å². The Bertz CT molecular complexity index is 731. The van der Waals surface area contributed by atoms with Crippen molar-refractivity contribution in [1.82, 2.24) is 10.2 Å². The van der Waals surface area contributed by atoms with Crippen molar-refractivity contribution in [3.63, 3.8) is 0 Å². The van der Waals surface area contributed by atoms with Crippen molar-refractivity contribution in [3.05, 3.63) is 48.0 Å². The molecule has 3 rings (SSSR count). The van der Waals surface area contributed by atoms with Gasteiger partial charge in [0.05, 0.1) is 5.92 Å². The second-order valence-electron chi connectivity index (χ2n) is 6.22. The molecule has 0 atom stereocenters. The highest BCUT2D eigenvalue weighted by atomic mass is 16.4. The van der Waals surface area contributed by atoms with Crippen LogP contribution in [0.25, 0.3) is 10.8 Å². The van der Waals surface area contributed by atoms with E-state index in [1.54, 1.807) is 4.90 Å². The molecule has 0 saturated carbocycles. The number of carboxylic acid groups (broad SMARTS) is 1. The number of aliphatic carboxylic acids is 1. The lowest BCUT2D eigenvalue weighted by Crippen LogP contribution is -2.45. The van der Waals surface area contributed by atoms with Gasteiger partial charge in [-0.05, 0) is 35.6 Å². The Morgan fingerprint density at radius 1 is 1.08 bits per heavy atom. The van der Waals surface area contributed by atoms with Crippen LogP contribution in [0.3, 0.4) is 0 Å². The van der Waals surface area contributed by atoms with E-state index in [0.29, 0.717) is 32.5 Å². The molecule has 0 bridgehead atoms. The molecule has 0 unspecified atom stereocenters. The standard InChI is InChI=1S/C19H22N2O3/c22-18(23)16-9-12-21(13-10-16)19(24)20-11-8-15-6-3-5-14-4-1-2-7-17(14)15/h1-7,16H,8-13H2,(H,20,24)(H,22,23). The number of likely N-dealkylation sites (tertiary alicyclic amines) is 1. The van der Waals surface area contributed by atoms with Crippen LogP contribution in [0.2, 0.25) is 0 Å². The Balaban J connectivity index is 1.51. The number of urea groups is 1. The Morgan fingerprint density at radius 3 is 2.54 bits per heavy atom. The molecule has 2 amide bonds. The molecule has 126 valence electrons. The topological polar surface area (TPSA) is 69.6 Å². The molecule has 2 aromatic rings. The number of carboxylic acids is 1. The zero-order valence-electron chi connectivity index (χ0n) is 13.6. The first-order chi connectivity index (χ1) is 11.6. The van der Waals surface area contributed by atoms with Crippen molar-refractivity contribution >= 4 is 22.8 Å². The van der Waals surface area contributed by atoms with Gasteiger partial charge in [-0.25, -0.2) is 4.79 Å². The van der Waals surface area contributed by atoms with E-state index in [1.165, 1.54) is 16.3 Å². The molecule has 1 aliphatic heterocycles. The number of benzene rings is 2. The van der Waals surface area contributed by atoms with Gasteiger partial charge in [0.25, 0.3) is 0 Å². The summed E-state index contributed by atoms with van der Waals surface area (Å²) in [4.78, 5) is 24.9. The average Bonchev–Trinajstić information content (AvgIpc) is 2.62. The Hall–Kier alpha value is -2.56. The zero-order valence-corrected chi connectivity index (χ0v) is 13.6. The summed E-state index contributed by atoms with van der Waals surface area (Å²) in [5, 5.41) is 14.4. The first-order valence-electron chi connectivity index (χ1n) is 8.37. The average molecular weight is 326 g/mol. The van der Waals surface area contributed by atoms with E-state index in [-0.39, 0.29) is 11.9 Å². The highest BCUT2D eigenvalue weighted by molar-refractivity contribution is 5.85. The number of hydrogen-bond donors (Lipinski definition) is 2.